The van der Waals surface area contributed by atoms with Crippen molar-refractivity contribution in [2.24, 2.45) is 4.99 Å². The van der Waals surface area contributed by atoms with E-state index in [1.54, 1.807) is 4.90 Å². The van der Waals surface area contributed by atoms with Crippen molar-refractivity contribution in [3.63, 3.8) is 0 Å². The normalized spacial score (nSPS) is 17.9. The predicted octanol–water partition coefficient (Wildman–Crippen LogP) is 9.06. The van der Waals surface area contributed by atoms with Crippen molar-refractivity contribution in [3.05, 3.63) is 90.7 Å². The molecule has 5 rings (SSSR count). The van der Waals surface area contributed by atoms with Gasteiger partial charge in [0.1, 0.15) is 6.61 Å². The van der Waals surface area contributed by atoms with Gasteiger partial charge in [0, 0.05) is 29.8 Å². The molecule has 2 aliphatic heterocycles. The first-order valence-corrected chi connectivity index (χ1v) is 15.7. The van der Waals surface area contributed by atoms with E-state index in [0.29, 0.717) is 34.0 Å². The highest BCUT2D eigenvalue weighted by atomic mass is 79.9. The molecule has 0 N–H and O–H groups in total. The average molecular weight is 690 g/mol. The second-order valence-corrected chi connectivity index (χ2v) is 12.5. The number of halogens is 3. The maximum Gasteiger partial charge on any atom is 0.266 e. The van der Waals surface area contributed by atoms with Gasteiger partial charge < -0.3 is 9.64 Å². The quantitative estimate of drug-likeness (QED) is 0.232. The molecule has 39 heavy (non-hydrogen) atoms. The van der Waals surface area contributed by atoms with Crippen molar-refractivity contribution >= 4 is 83.7 Å². The molecule has 0 spiro atoms. The third-order valence-electron chi connectivity index (χ3n) is 6.61. The van der Waals surface area contributed by atoms with Gasteiger partial charge >= 0.3 is 0 Å². The number of rotatable bonds is 7. The second kappa shape index (κ2) is 12.9. The lowest BCUT2D eigenvalue weighted by atomic mass is 10.1. The zero-order valence-corrected chi connectivity index (χ0v) is 26.2. The fourth-order valence-electron chi connectivity index (χ4n) is 4.56. The number of likely N-dealkylation sites (N-methyl/N-ethyl adjacent to an activating group) is 1. The molecule has 0 saturated carbocycles. The summed E-state index contributed by atoms with van der Waals surface area (Å²) >= 11 is 15.0. The molecule has 2 heterocycles. The molecule has 0 aliphatic carbocycles. The molecule has 2 aliphatic rings. The van der Waals surface area contributed by atoms with E-state index in [9.17, 15) is 4.79 Å². The molecule has 0 radical (unpaired) electrons. The number of ether oxygens (including phenoxy) is 1. The largest absolute Gasteiger partial charge is 0.486 e. The number of aliphatic imine (C=N–C) groups is 1. The molecule has 2 fully saturated rings. The summed E-state index contributed by atoms with van der Waals surface area (Å²) in [6, 6.07) is 20.0. The third-order valence-corrected chi connectivity index (χ3v) is 9.02. The maximum absolute atomic E-state index is 13.2. The van der Waals surface area contributed by atoms with Crippen LogP contribution in [0.3, 0.4) is 0 Å². The van der Waals surface area contributed by atoms with Gasteiger partial charge in [-0.3, -0.25) is 9.69 Å². The molecule has 3 aromatic carbocycles. The van der Waals surface area contributed by atoms with Gasteiger partial charge in [0.05, 0.1) is 20.1 Å². The van der Waals surface area contributed by atoms with Crippen LogP contribution in [0.5, 0.6) is 5.75 Å². The standard InChI is InChI=1S/C30H28Br2ClN3O2S/c1-2-36-29(37)27(39-30(36)34-23-10-12-24(13-11-23)35-14-4-3-5-15-35)18-21-16-25(32)28(26(33)17-21)38-19-20-6-8-22(31)9-7-20/h6-13,16-18H,2-5,14-15,19H2,1H3/b27-18-,34-30?. The Balaban J connectivity index is 1.31. The Morgan fingerprint density at radius 3 is 2.41 bits per heavy atom. The van der Waals surface area contributed by atoms with Gasteiger partial charge in [-0.2, -0.15) is 0 Å². The number of anilines is 1. The van der Waals surface area contributed by atoms with Crippen molar-refractivity contribution in [2.75, 3.05) is 24.5 Å². The number of benzene rings is 3. The highest BCUT2D eigenvalue weighted by molar-refractivity contribution is 9.10. The fraction of sp³-hybridized carbons (Fsp3) is 0.267. The number of thioether (sulfide) groups is 1. The second-order valence-electron chi connectivity index (χ2n) is 9.35. The van der Waals surface area contributed by atoms with Crippen LogP contribution < -0.4 is 9.64 Å². The van der Waals surface area contributed by atoms with Crippen molar-refractivity contribution in [3.8, 4) is 5.75 Å². The Labute approximate surface area is 255 Å². The van der Waals surface area contributed by atoms with Crippen LogP contribution in [0, 0.1) is 0 Å². The van der Waals surface area contributed by atoms with Crippen LogP contribution in [0.1, 0.15) is 37.3 Å². The fourth-order valence-corrected chi connectivity index (χ4v) is 6.87. The summed E-state index contributed by atoms with van der Waals surface area (Å²) in [6.07, 6.45) is 5.65. The monoisotopic (exact) mass is 687 g/mol. The van der Waals surface area contributed by atoms with Gasteiger partial charge in [-0.05, 0) is 120 Å². The molecule has 2 saturated heterocycles. The summed E-state index contributed by atoms with van der Waals surface area (Å²) in [5.74, 6) is 0.506. The Morgan fingerprint density at radius 1 is 1.03 bits per heavy atom. The van der Waals surface area contributed by atoms with Gasteiger partial charge in [0.15, 0.2) is 10.9 Å². The van der Waals surface area contributed by atoms with Crippen LogP contribution in [-0.2, 0) is 11.4 Å². The SMILES string of the molecule is CCN1C(=O)/C(=C/c2cc(Cl)c(OCc3ccc(Br)cc3)c(Br)c2)SC1=Nc1ccc(N2CCCCC2)cc1. The van der Waals surface area contributed by atoms with Gasteiger partial charge in [0.25, 0.3) is 5.91 Å². The van der Waals surface area contributed by atoms with E-state index in [0.717, 1.165) is 38.8 Å². The van der Waals surface area contributed by atoms with Gasteiger partial charge in [0.2, 0.25) is 0 Å². The molecule has 9 heteroatoms. The van der Waals surface area contributed by atoms with E-state index >= 15 is 0 Å². The number of nitrogens with zero attached hydrogens (tertiary/aromatic N) is 3. The van der Waals surface area contributed by atoms with E-state index in [1.165, 1.54) is 36.7 Å². The molecule has 3 aromatic rings. The van der Waals surface area contributed by atoms with E-state index in [-0.39, 0.29) is 5.91 Å². The lowest BCUT2D eigenvalue weighted by molar-refractivity contribution is -0.122. The predicted molar refractivity (Wildman–Crippen MR) is 170 cm³/mol. The number of piperidine rings is 1. The van der Waals surface area contributed by atoms with E-state index in [1.807, 2.05) is 61.5 Å². The summed E-state index contributed by atoms with van der Waals surface area (Å²) in [7, 11) is 0. The minimum atomic E-state index is -0.0611. The van der Waals surface area contributed by atoms with Crippen molar-refractivity contribution in [1.29, 1.82) is 0 Å². The van der Waals surface area contributed by atoms with Crippen LogP contribution >= 0.6 is 55.2 Å². The third kappa shape index (κ3) is 6.91. The molecule has 5 nitrogen and oxygen atoms in total. The molecule has 0 atom stereocenters. The molecular weight excluding hydrogens is 662 g/mol. The first-order chi connectivity index (χ1) is 18.9. The highest BCUT2D eigenvalue weighted by Gasteiger charge is 2.32. The first kappa shape index (κ1) is 28.3. The topological polar surface area (TPSA) is 45.1 Å². The summed E-state index contributed by atoms with van der Waals surface area (Å²) in [6.45, 7) is 5.11. The Morgan fingerprint density at radius 2 is 1.74 bits per heavy atom. The first-order valence-electron chi connectivity index (χ1n) is 12.9. The van der Waals surface area contributed by atoms with Crippen LogP contribution in [0.25, 0.3) is 6.08 Å². The molecule has 1 amide bonds. The molecule has 0 unspecified atom stereocenters. The summed E-state index contributed by atoms with van der Waals surface area (Å²) < 4.78 is 7.73. The van der Waals surface area contributed by atoms with E-state index in [2.05, 4.69) is 48.9 Å². The number of hydrogen-bond donors (Lipinski definition) is 0. The van der Waals surface area contributed by atoms with Crippen molar-refractivity contribution in [2.45, 2.75) is 32.8 Å². The van der Waals surface area contributed by atoms with Crippen LogP contribution in [0.2, 0.25) is 5.02 Å². The number of amidine groups is 1. The van der Waals surface area contributed by atoms with Gasteiger partial charge in [-0.1, -0.05) is 39.7 Å². The van der Waals surface area contributed by atoms with Crippen LogP contribution in [0.4, 0.5) is 11.4 Å². The molecule has 202 valence electrons. The lowest BCUT2D eigenvalue weighted by Crippen LogP contribution is -2.29. The zero-order valence-electron chi connectivity index (χ0n) is 21.5. The van der Waals surface area contributed by atoms with Gasteiger partial charge in [-0.15, -0.1) is 0 Å². The Bertz CT molecular complexity index is 1380. The highest BCUT2D eigenvalue weighted by Crippen LogP contribution is 2.38. The minimum absolute atomic E-state index is 0.0611. The zero-order chi connectivity index (χ0) is 27.4. The van der Waals surface area contributed by atoms with E-state index < -0.39 is 0 Å². The number of amides is 1. The molecule has 0 aromatic heterocycles. The van der Waals surface area contributed by atoms with Crippen LogP contribution in [-0.4, -0.2) is 35.6 Å². The van der Waals surface area contributed by atoms with Gasteiger partial charge in [-0.25, -0.2) is 4.99 Å². The minimum Gasteiger partial charge on any atom is -0.486 e. The Hall–Kier alpha value is -2.26. The molecular formula is C30H28Br2ClN3O2S. The average Bonchev–Trinajstić information content (AvgIpc) is 3.23. The number of carbonyl (C=O) groups is 1. The smallest absolute Gasteiger partial charge is 0.266 e. The number of carbonyl (C=O) groups excluding carboxylic acids is 1. The van der Waals surface area contributed by atoms with E-state index in [4.69, 9.17) is 21.3 Å². The Kier molecular flexibility index (Phi) is 9.38. The number of hydrogen-bond acceptors (Lipinski definition) is 5. The summed E-state index contributed by atoms with van der Waals surface area (Å²) in [4.78, 5) is 22.8. The van der Waals surface area contributed by atoms with Crippen LogP contribution in [0.15, 0.2) is 79.5 Å². The van der Waals surface area contributed by atoms with Crippen molar-refractivity contribution in [1.82, 2.24) is 4.90 Å². The maximum atomic E-state index is 13.2. The summed E-state index contributed by atoms with van der Waals surface area (Å²) in [5, 5.41) is 1.15. The lowest BCUT2D eigenvalue weighted by Gasteiger charge is -2.28. The summed E-state index contributed by atoms with van der Waals surface area (Å²) in [5.41, 5.74) is 3.91. The molecule has 0 bridgehead atoms. The van der Waals surface area contributed by atoms with Crippen molar-refractivity contribution < 1.29 is 9.53 Å².